The molecule has 31 heavy (non-hydrogen) atoms. The molecule has 1 aliphatic heterocycles. The standard InChI is InChI=1S/C19H14Cl2N6O4/c20-9-5-6-13(10(21)7-9)27-8-12(25-26-19(30)24-22)15(16(28)18(27)29)17-23-11-3-1-2-4-14(11)31-17/h1-7,15H,8,22H2,(H2,24,26,30)/b25-12+/t15-/m0/s1. The van der Waals surface area contributed by atoms with E-state index in [1.807, 2.05) is 5.43 Å². The van der Waals surface area contributed by atoms with Crippen molar-refractivity contribution in [3.05, 3.63) is 58.4 Å². The number of anilines is 1. The average molecular weight is 461 g/mol. The smallest absolute Gasteiger partial charge is 0.349 e. The SMILES string of the molecule is NNC(=O)N/N=C1\CN(c2ccc(Cl)cc2Cl)C(=O)C(=O)[C@H]1c1nc2ccccc2o1. The number of hydrazine groups is 1. The van der Waals surface area contributed by atoms with Crippen LogP contribution < -0.4 is 21.6 Å². The average Bonchev–Trinajstić information content (AvgIpc) is 3.18. The number of hydrogen-bond donors (Lipinski definition) is 3. The highest BCUT2D eigenvalue weighted by Crippen LogP contribution is 2.34. The molecule has 4 rings (SSSR count). The van der Waals surface area contributed by atoms with Crippen LogP contribution in [0.4, 0.5) is 10.5 Å². The Morgan fingerprint density at radius 1 is 1.23 bits per heavy atom. The van der Waals surface area contributed by atoms with Crippen LogP contribution in [0, 0.1) is 0 Å². The fourth-order valence-electron chi connectivity index (χ4n) is 3.15. The van der Waals surface area contributed by atoms with Gasteiger partial charge in [0.15, 0.2) is 5.58 Å². The molecule has 3 amide bonds. The summed E-state index contributed by atoms with van der Waals surface area (Å²) in [5.41, 5.74) is 5.34. The summed E-state index contributed by atoms with van der Waals surface area (Å²) in [5.74, 6) is 2.12. The van der Waals surface area contributed by atoms with E-state index in [2.05, 4.69) is 15.5 Å². The summed E-state index contributed by atoms with van der Waals surface area (Å²) in [6.07, 6.45) is 0. The Bertz CT molecular complexity index is 1210. The van der Waals surface area contributed by atoms with E-state index in [1.165, 1.54) is 18.2 Å². The number of piperidine rings is 1. The van der Waals surface area contributed by atoms with Gasteiger partial charge in [0.05, 0.1) is 23.0 Å². The number of benzene rings is 2. The summed E-state index contributed by atoms with van der Waals surface area (Å²) in [4.78, 5) is 43.0. The summed E-state index contributed by atoms with van der Waals surface area (Å²) in [6.45, 7) is -0.166. The van der Waals surface area contributed by atoms with Crippen LogP contribution in [-0.2, 0) is 9.59 Å². The van der Waals surface area contributed by atoms with Gasteiger partial charge in [-0.1, -0.05) is 35.3 Å². The Morgan fingerprint density at radius 3 is 2.71 bits per heavy atom. The number of Topliss-reactive ketones (excluding diaryl/α,β-unsaturated/α-hetero) is 1. The second-order valence-corrected chi connectivity index (χ2v) is 7.34. The van der Waals surface area contributed by atoms with Crippen molar-refractivity contribution in [2.75, 3.05) is 11.4 Å². The molecule has 3 aromatic rings. The van der Waals surface area contributed by atoms with Crippen LogP contribution in [0.2, 0.25) is 10.0 Å². The lowest BCUT2D eigenvalue weighted by Gasteiger charge is -2.31. The summed E-state index contributed by atoms with van der Waals surface area (Å²) >= 11 is 12.2. The fourth-order valence-corrected chi connectivity index (χ4v) is 3.66. The molecule has 0 radical (unpaired) electrons. The molecular formula is C19H14Cl2N6O4. The first-order chi connectivity index (χ1) is 14.9. The summed E-state index contributed by atoms with van der Waals surface area (Å²) in [5, 5.41) is 4.51. The second kappa shape index (κ2) is 8.34. The molecule has 0 unspecified atom stereocenters. The molecule has 0 aliphatic carbocycles. The highest BCUT2D eigenvalue weighted by molar-refractivity contribution is 6.50. The van der Waals surface area contributed by atoms with Crippen LogP contribution in [0.25, 0.3) is 11.1 Å². The van der Waals surface area contributed by atoms with Crippen LogP contribution in [0.5, 0.6) is 0 Å². The second-order valence-electron chi connectivity index (χ2n) is 6.49. The van der Waals surface area contributed by atoms with Gasteiger partial charge in [0, 0.05) is 5.02 Å². The third-order valence-corrected chi connectivity index (χ3v) is 5.10. The van der Waals surface area contributed by atoms with Crippen molar-refractivity contribution in [1.82, 2.24) is 15.8 Å². The largest absolute Gasteiger partial charge is 0.439 e. The lowest BCUT2D eigenvalue weighted by molar-refractivity contribution is -0.137. The maximum atomic E-state index is 13.1. The number of rotatable bonds is 3. The van der Waals surface area contributed by atoms with E-state index >= 15 is 0 Å². The molecule has 1 atom stereocenters. The number of fused-ring (bicyclic) bond motifs is 1. The number of nitrogens with zero attached hydrogens (tertiary/aromatic N) is 3. The predicted octanol–water partition coefficient (Wildman–Crippen LogP) is 2.36. The van der Waals surface area contributed by atoms with Crippen molar-refractivity contribution >= 4 is 63.4 Å². The third-order valence-electron chi connectivity index (χ3n) is 4.56. The zero-order chi connectivity index (χ0) is 22.1. The minimum absolute atomic E-state index is 0.0184. The van der Waals surface area contributed by atoms with E-state index in [1.54, 1.807) is 24.3 Å². The number of aromatic nitrogens is 1. The maximum Gasteiger partial charge on any atom is 0.349 e. The van der Waals surface area contributed by atoms with E-state index in [9.17, 15) is 14.4 Å². The van der Waals surface area contributed by atoms with Gasteiger partial charge in [-0.25, -0.2) is 21.0 Å². The molecule has 1 fully saturated rings. The number of para-hydroxylation sites is 2. The molecule has 0 saturated carbocycles. The first-order valence-corrected chi connectivity index (χ1v) is 9.64. The number of urea groups is 1. The van der Waals surface area contributed by atoms with Crippen LogP contribution in [0.1, 0.15) is 11.8 Å². The van der Waals surface area contributed by atoms with Crippen molar-refractivity contribution in [2.24, 2.45) is 10.9 Å². The van der Waals surface area contributed by atoms with Gasteiger partial charge in [0.1, 0.15) is 11.4 Å². The van der Waals surface area contributed by atoms with Gasteiger partial charge in [0.25, 0.3) is 5.91 Å². The number of hydrazone groups is 1. The van der Waals surface area contributed by atoms with Gasteiger partial charge in [-0.2, -0.15) is 5.10 Å². The predicted molar refractivity (Wildman–Crippen MR) is 114 cm³/mol. The zero-order valence-corrected chi connectivity index (χ0v) is 17.1. The van der Waals surface area contributed by atoms with Gasteiger partial charge in [-0.3, -0.25) is 19.9 Å². The Hall–Kier alpha value is -3.47. The Labute approximate surface area is 184 Å². The molecule has 12 heteroatoms. The van der Waals surface area contributed by atoms with E-state index < -0.39 is 23.6 Å². The normalized spacial score (nSPS) is 18.0. The quantitative estimate of drug-likeness (QED) is 0.237. The van der Waals surface area contributed by atoms with Gasteiger partial charge in [-0.05, 0) is 30.3 Å². The van der Waals surface area contributed by atoms with Crippen molar-refractivity contribution in [3.8, 4) is 0 Å². The van der Waals surface area contributed by atoms with Crippen LogP contribution in [-0.4, -0.2) is 35.0 Å². The highest BCUT2D eigenvalue weighted by Gasteiger charge is 2.44. The first-order valence-electron chi connectivity index (χ1n) is 8.88. The molecule has 10 nitrogen and oxygen atoms in total. The number of nitrogens with two attached hydrogens (primary N) is 1. The van der Waals surface area contributed by atoms with E-state index in [-0.39, 0.29) is 28.9 Å². The summed E-state index contributed by atoms with van der Waals surface area (Å²) in [7, 11) is 0. The molecule has 2 aromatic carbocycles. The van der Waals surface area contributed by atoms with Gasteiger partial charge >= 0.3 is 6.03 Å². The van der Waals surface area contributed by atoms with Gasteiger partial charge in [-0.15, -0.1) is 0 Å². The molecule has 158 valence electrons. The Morgan fingerprint density at radius 2 is 2.00 bits per heavy atom. The van der Waals surface area contributed by atoms with E-state index in [4.69, 9.17) is 33.5 Å². The van der Waals surface area contributed by atoms with Crippen molar-refractivity contribution in [3.63, 3.8) is 0 Å². The minimum atomic E-state index is -1.24. The summed E-state index contributed by atoms with van der Waals surface area (Å²) in [6, 6.07) is 10.6. The topological polar surface area (TPSA) is 143 Å². The van der Waals surface area contributed by atoms with Crippen LogP contribution >= 0.6 is 23.2 Å². The minimum Gasteiger partial charge on any atom is -0.439 e. The first kappa shape index (κ1) is 20.8. The number of halogens is 2. The van der Waals surface area contributed by atoms with Gasteiger partial charge in [0.2, 0.25) is 11.7 Å². The molecule has 1 saturated heterocycles. The molecular weight excluding hydrogens is 447 g/mol. The number of carbonyl (C=O) groups is 3. The monoisotopic (exact) mass is 460 g/mol. The third kappa shape index (κ3) is 3.96. The molecule has 0 bridgehead atoms. The number of carbonyl (C=O) groups excluding carboxylic acids is 3. The molecule has 1 aliphatic rings. The zero-order valence-electron chi connectivity index (χ0n) is 15.6. The molecule has 0 spiro atoms. The van der Waals surface area contributed by atoms with E-state index in [0.29, 0.717) is 16.1 Å². The van der Waals surface area contributed by atoms with Crippen molar-refractivity contribution in [2.45, 2.75) is 5.92 Å². The Kier molecular flexibility index (Phi) is 5.59. The number of hydrogen-bond acceptors (Lipinski definition) is 7. The van der Waals surface area contributed by atoms with Crippen molar-refractivity contribution in [1.29, 1.82) is 0 Å². The number of nitrogens with one attached hydrogen (secondary N) is 2. The fraction of sp³-hybridized carbons (Fsp3) is 0.105. The van der Waals surface area contributed by atoms with Crippen molar-refractivity contribution < 1.29 is 18.8 Å². The molecule has 4 N–H and O–H groups in total. The number of ketones is 1. The maximum absolute atomic E-state index is 13.1. The van der Waals surface area contributed by atoms with Gasteiger partial charge < -0.3 is 4.42 Å². The van der Waals surface area contributed by atoms with E-state index in [0.717, 1.165) is 4.90 Å². The number of oxazole rings is 1. The highest BCUT2D eigenvalue weighted by atomic mass is 35.5. The molecule has 1 aromatic heterocycles. The molecule has 2 heterocycles. The Balaban J connectivity index is 1.78. The summed E-state index contributed by atoms with van der Waals surface area (Å²) < 4.78 is 5.69. The lowest BCUT2D eigenvalue weighted by atomic mass is 9.92. The van der Waals surface area contributed by atoms with Crippen LogP contribution in [0.3, 0.4) is 0 Å². The van der Waals surface area contributed by atoms with Crippen LogP contribution in [0.15, 0.2) is 52.0 Å². The number of amides is 3. The lowest BCUT2D eigenvalue weighted by Crippen LogP contribution is -2.52.